The molecule has 1 heterocycles. The zero-order valence-corrected chi connectivity index (χ0v) is 22.4. The number of rotatable bonds is 11. The monoisotopic (exact) mass is 542 g/mol. The van der Waals surface area contributed by atoms with Crippen LogP contribution >= 0.6 is 11.3 Å². The largest absolute Gasteiger partial charge is 0.490 e. The Morgan fingerprint density at radius 1 is 1.05 bits per heavy atom. The molecule has 1 N–H and O–H groups in total. The molecule has 3 aromatic rings. The lowest BCUT2D eigenvalue weighted by Crippen LogP contribution is -2.13. The Labute approximate surface area is 219 Å². The first-order valence-electron chi connectivity index (χ1n) is 11.2. The molecule has 0 aliphatic heterocycles. The molecule has 0 bridgehead atoms. The van der Waals surface area contributed by atoms with Gasteiger partial charge in [0.25, 0.3) is 5.91 Å². The molecule has 0 aliphatic carbocycles. The van der Waals surface area contributed by atoms with Crippen molar-refractivity contribution in [2.45, 2.75) is 25.1 Å². The van der Waals surface area contributed by atoms with Crippen molar-refractivity contribution in [3.63, 3.8) is 0 Å². The van der Waals surface area contributed by atoms with Crippen LogP contribution in [0.5, 0.6) is 17.2 Å². The van der Waals surface area contributed by atoms with Gasteiger partial charge < -0.3 is 14.2 Å². The smallest absolute Gasteiger partial charge is 0.268 e. The number of nitriles is 1. The zero-order valence-electron chi connectivity index (χ0n) is 20.8. The zero-order chi connectivity index (χ0) is 27.0. The highest BCUT2D eigenvalue weighted by molar-refractivity contribution is 7.92. The maximum absolute atomic E-state index is 12.5. The molecule has 1 aromatic heterocycles. The summed E-state index contributed by atoms with van der Waals surface area (Å²) in [5.41, 5.74) is 2.55. The third kappa shape index (κ3) is 8.03. The summed E-state index contributed by atoms with van der Waals surface area (Å²) in [5, 5.41) is 19.0. The van der Waals surface area contributed by atoms with Crippen molar-refractivity contribution < 1.29 is 27.4 Å². The molecule has 1 amide bonds. The number of nitrogens with one attached hydrogen (secondary N) is 1. The number of aromatic nitrogens is 2. The van der Waals surface area contributed by atoms with E-state index in [4.69, 9.17) is 14.2 Å². The van der Waals surface area contributed by atoms with Crippen molar-refractivity contribution in [2.75, 3.05) is 31.4 Å². The predicted molar refractivity (Wildman–Crippen MR) is 140 cm³/mol. The van der Waals surface area contributed by atoms with Gasteiger partial charge in [0.1, 0.15) is 30.6 Å². The molecule has 12 heteroatoms. The van der Waals surface area contributed by atoms with Crippen LogP contribution in [-0.4, -0.2) is 50.6 Å². The van der Waals surface area contributed by atoms with Crippen LogP contribution in [0.25, 0.3) is 6.08 Å². The van der Waals surface area contributed by atoms with Gasteiger partial charge in [-0.3, -0.25) is 10.1 Å². The summed E-state index contributed by atoms with van der Waals surface area (Å²) in [6.07, 6.45) is 2.37. The second-order valence-corrected chi connectivity index (χ2v) is 11.1. The molecule has 10 nitrogen and oxygen atoms in total. The van der Waals surface area contributed by atoms with Gasteiger partial charge in [-0.15, -0.1) is 10.2 Å². The Hall–Kier alpha value is -3.95. The lowest BCUT2D eigenvalue weighted by Gasteiger charge is -2.13. The lowest BCUT2D eigenvalue weighted by atomic mass is 10.1. The number of carbonyl (C=O) groups is 1. The second kappa shape index (κ2) is 12.3. The molecule has 37 heavy (non-hydrogen) atoms. The quantitative estimate of drug-likeness (QED) is 0.165. The Bertz CT molecular complexity index is 1440. The first-order chi connectivity index (χ1) is 17.6. The van der Waals surface area contributed by atoms with Crippen LogP contribution in [0.3, 0.4) is 0 Å². The topological polar surface area (TPSA) is 140 Å². The summed E-state index contributed by atoms with van der Waals surface area (Å²) >= 11 is 0.697. The van der Waals surface area contributed by atoms with Gasteiger partial charge in [-0.1, -0.05) is 23.5 Å². The average molecular weight is 543 g/mol. The highest BCUT2D eigenvalue weighted by atomic mass is 32.2. The summed E-state index contributed by atoms with van der Waals surface area (Å²) in [6, 6.07) is 12.8. The number of amides is 1. The van der Waals surface area contributed by atoms with Crippen molar-refractivity contribution >= 4 is 38.3 Å². The van der Waals surface area contributed by atoms with Crippen LogP contribution in [0.15, 0.2) is 46.3 Å². The number of nitrogens with zero attached hydrogens (tertiary/aromatic N) is 3. The molecule has 194 valence electrons. The molecular formula is C25H26N4O6S2. The van der Waals surface area contributed by atoms with Crippen molar-refractivity contribution in [3.05, 3.63) is 58.7 Å². The van der Waals surface area contributed by atoms with E-state index in [-0.39, 0.29) is 21.7 Å². The van der Waals surface area contributed by atoms with E-state index in [0.29, 0.717) is 41.6 Å². The number of carbonyl (C=O) groups excluding carboxylic acids is 1. The van der Waals surface area contributed by atoms with Crippen molar-refractivity contribution in [2.24, 2.45) is 0 Å². The van der Waals surface area contributed by atoms with E-state index in [1.165, 1.54) is 6.08 Å². The lowest BCUT2D eigenvalue weighted by molar-refractivity contribution is -0.112. The summed E-state index contributed by atoms with van der Waals surface area (Å²) < 4.78 is 40.2. The van der Waals surface area contributed by atoms with E-state index >= 15 is 0 Å². The maximum atomic E-state index is 12.5. The average Bonchev–Trinajstić information content (AvgIpc) is 3.30. The fourth-order valence-corrected chi connectivity index (χ4v) is 4.72. The Morgan fingerprint density at radius 2 is 1.76 bits per heavy atom. The molecule has 0 radical (unpaired) electrons. The Balaban J connectivity index is 1.68. The van der Waals surface area contributed by atoms with Crippen molar-refractivity contribution in [1.29, 1.82) is 5.26 Å². The van der Waals surface area contributed by atoms with E-state index in [2.05, 4.69) is 21.6 Å². The molecule has 0 saturated heterocycles. The van der Waals surface area contributed by atoms with E-state index < -0.39 is 15.7 Å². The number of aryl methyl sites for hydroxylation is 2. The molecule has 3 rings (SSSR count). The van der Waals surface area contributed by atoms with E-state index in [0.717, 1.165) is 23.1 Å². The summed E-state index contributed by atoms with van der Waals surface area (Å²) in [6.45, 7) is 6.84. The van der Waals surface area contributed by atoms with Crippen molar-refractivity contribution in [3.8, 4) is 23.3 Å². The third-order valence-electron chi connectivity index (χ3n) is 4.69. The predicted octanol–water partition coefficient (Wildman–Crippen LogP) is 3.96. The number of sulfone groups is 1. The van der Waals surface area contributed by atoms with E-state index in [9.17, 15) is 18.5 Å². The third-order valence-corrected chi connectivity index (χ3v) is 7.20. The van der Waals surface area contributed by atoms with Crippen LogP contribution in [0.1, 0.15) is 23.6 Å². The molecule has 0 spiro atoms. The minimum atomic E-state index is -3.55. The fraction of sp³-hybridized carbons (Fsp3) is 0.280. The molecule has 0 fully saturated rings. The van der Waals surface area contributed by atoms with Crippen LogP contribution < -0.4 is 19.5 Å². The maximum Gasteiger partial charge on any atom is 0.268 e. The Kier molecular flexibility index (Phi) is 9.21. The van der Waals surface area contributed by atoms with Crippen molar-refractivity contribution in [1.82, 2.24) is 10.2 Å². The van der Waals surface area contributed by atoms with Gasteiger partial charge in [-0.25, -0.2) is 8.42 Å². The van der Waals surface area contributed by atoms with Gasteiger partial charge >= 0.3 is 0 Å². The minimum absolute atomic E-state index is 0.0339. The standard InChI is InChI=1S/C25H26N4O6S2/c1-5-33-22-14-18(6-7-21(22)35-9-8-34-20-11-16(2)10-17(3)12-20)13-19(15-26)23(30)27-24-28-29-25(36-24)37(4,31)32/h6-7,10-14H,5,8-9H2,1-4H3,(H,27,28,30). The van der Waals surface area contributed by atoms with Gasteiger partial charge in [-0.05, 0) is 67.8 Å². The summed E-state index contributed by atoms with van der Waals surface area (Å²) in [7, 11) is -3.55. The van der Waals surface area contributed by atoms with Gasteiger partial charge in [0, 0.05) is 6.26 Å². The highest BCUT2D eigenvalue weighted by Gasteiger charge is 2.18. The highest BCUT2D eigenvalue weighted by Crippen LogP contribution is 2.30. The molecule has 0 aliphatic rings. The minimum Gasteiger partial charge on any atom is -0.490 e. The van der Waals surface area contributed by atoms with Gasteiger partial charge in [0.05, 0.1) is 6.61 Å². The van der Waals surface area contributed by atoms with E-state index in [1.54, 1.807) is 18.2 Å². The normalized spacial score (nSPS) is 11.5. The fourth-order valence-electron chi connectivity index (χ4n) is 3.22. The van der Waals surface area contributed by atoms with Crippen LogP contribution in [-0.2, 0) is 14.6 Å². The number of ether oxygens (including phenoxy) is 3. The van der Waals surface area contributed by atoms with Gasteiger partial charge in [0.2, 0.25) is 19.3 Å². The number of hydrogen-bond donors (Lipinski definition) is 1. The van der Waals surface area contributed by atoms with Gasteiger partial charge in [0.15, 0.2) is 11.5 Å². The van der Waals surface area contributed by atoms with Crippen LogP contribution in [0.4, 0.5) is 5.13 Å². The summed E-state index contributed by atoms with van der Waals surface area (Å²) in [4.78, 5) is 12.5. The molecule has 2 aromatic carbocycles. The molecule has 0 atom stereocenters. The number of hydrogen-bond acceptors (Lipinski definition) is 10. The Morgan fingerprint density at radius 3 is 2.38 bits per heavy atom. The molecule has 0 unspecified atom stereocenters. The SMILES string of the molecule is CCOc1cc(C=C(C#N)C(=O)Nc2nnc(S(C)(=O)=O)s2)ccc1OCCOc1cc(C)cc(C)c1. The van der Waals surface area contributed by atoms with Gasteiger partial charge in [-0.2, -0.15) is 5.26 Å². The number of anilines is 1. The van der Waals surface area contributed by atoms with Crippen LogP contribution in [0, 0.1) is 25.2 Å². The molecule has 0 saturated carbocycles. The van der Waals surface area contributed by atoms with Crippen LogP contribution in [0.2, 0.25) is 0 Å². The molecular weight excluding hydrogens is 516 g/mol. The summed E-state index contributed by atoms with van der Waals surface area (Å²) in [5.74, 6) is 0.964. The number of benzene rings is 2. The van der Waals surface area contributed by atoms with E-state index in [1.807, 2.05) is 39.0 Å². The first kappa shape index (κ1) is 27.6. The second-order valence-electron chi connectivity index (χ2n) is 7.93. The first-order valence-corrected chi connectivity index (χ1v) is 13.9.